The van der Waals surface area contributed by atoms with Gasteiger partial charge in [-0.05, 0) is 18.1 Å². The Morgan fingerprint density at radius 2 is 2.25 bits per heavy atom. The quantitative estimate of drug-likeness (QED) is 0.664. The number of pyridine rings is 1. The highest BCUT2D eigenvalue weighted by atomic mass is 32.2. The second-order valence-electron chi connectivity index (χ2n) is 3.00. The number of hydrogen-bond acceptors (Lipinski definition) is 2. The van der Waals surface area contributed by atoms with Crippen LogP contribution in [0.4, 0.5) is 0 Å². The van der Waals surface area contributed by atoms with Crippen LogP contribution in [0.2, 0.25) is 0 Å². The van der Waals surface area contributed by atoms with E-state index >= 15 is 0 Å². The Balaban J connectivity index is 2.82. The van der Waals surface area contributed by atoms with Gasteiger partial charge in [-0.2, -0.15) is 0 Å². The third kappa shape index (κ3) is 2.52. The standard InChI is InChI=1S/C10H15NS/c1-4-9-5-6-11-7-10(9)12-8(2)3/h5-8H,4H2,1-3H3. The van der Waals surface area contributed by atoms with Crippen molar-refractivity contribution in [2.45, 2.75) is 37.3 Å². The third-order valence-electron chi connectivity index (χ3n) is 1.61. The van der Waals surface area contributed by atoms with Gasteiger partial charge in [0, 0.05) is 22.5 Å². The predicted molar refractivity (Wildman–Crippen MR) is 54.6 cm³/mol. The molecule has 0 atom stereocenters. The summed E-state index contributed by atoms with van der Waals surface area (Å²) in [4.78, 5) is 5.45. The van der Waals surface area contributed by atoms with E-state index in [1.54, 1.807) is 0 Å². The molecule has 0 aliphatic rings. The van der Waals surface area contributed by atoms with Gasteiger partial charge in [0.2, 0.25) is 0 Å². The lowest BCUT2D eigenvalue weighted by atomic mass is 10.2. The van der Waals surface area contributed by atoms with Crippen molar-refractivity contribution in [1.82, 2.24) is 4.98 Å². The first kappa shape index (κ1) is 9.59. The molecule has 0 aromatic carbocycles. The van der Waals surface area contributed by atoms with Gasteiger partial charge in [0.25, 0.3) is 0 Å². The highest BCUT2D eigenvalue weighted by molar-refractivity contribution is 8.00. The summed E-state index contributed by atoms with van der Waals surface area (Å²) in [6.07, 6.45) is 4.92. The van der Waals surface area contributed by atoms with Crippen LogP contribution in [-0.2, 0) is 6.42 Å². The zero-order chi connectivity index (χ0) is 8.97. The molecule has 66 valence electrons. The molecule has 0 radical (unpaired) electrons. The van der Waals surface area contributed by atoms with Crippen molar-refractivity contribution >= 4 is 11.8 Å². The third-order valence-corrected chi connectivity index (χ3v) is 2.71. The fourth-order valence-corrected chi connectivity index (χ4v) is 2.05. The van der Waals surface area contributed by atoms with Gasteiger partial charge < -0.3 is 0 Å². The molecule has 0 saturated carbocycles. The van der Waals surface area contributed by atoms with Gasteiger partial charge >= 0.3 is 0 Å². The van der Waals surface area contributed by atoms with Crippen molar-refractivity contribution in [2.24, 2.45) is 0 Å². The van der Waals surface area contributed by atoms with Crippen LogP contribution >= 0.6 is 11.8 Å². The fourth-order valence-electron chi connectivity index (χ4n) is 1.06. The second kappa shape index (κ2) is 4.51. The molecule has 2 heteroatoms. The number of aryl methyl sites for hydroxylation is 1. The highest BCUT2D eigenvalue weighted by Gasteiger charge is 2.02. The molecular formula is C10H15NS. The number of thioether (sulfide) groups is 1. The van der Waals surface area contributed by atoms with Crippen LogP contribution in [0.5, 0.6) is 0 Å². The molecule has 12 heavy (non-hydrogen) atoms. The predicted octanol–water partition coefficient (Wildman–Crippen LogP) is 3.14. The normalized spacial score (nSPS) is 10.7. The van der Waals surface area contributed by atoms with Crippen LogP contribution in [0, 0.1) is 0 Å². The van der Waals surface area contributed by atoms with E-state index in [0.717, 1.165) is 6.42 Å². The number of hydrogen-bond donors (Lipinski definition) is 0. The van der Waals surface area contributed by atoms with Gasteiger partial charge in [0.15, 0.2) is 0 Å². The first-order chi connectivity index (χ1) is 5.74. The number of rotatable bonds is 3. The van der Waals surface area contributed by atoms with Crippen LogP contribution < -0.4 is 0 Å². The average molecular weight is 181 g/mol. The summed E-state index contributed by atoms with van der Waals surface area (Å²) in [7, 11) is 0. The van der Waals surface area contributed by atoms with E-state index in [2.05, 4.69) is 31.8 Å². The van der Waals surface area contributed by atoms with Gasteiger partial charge in [-0.3, -0.25) is 4.98 Å². The summed E-state index contributed by atoms with van der Waals surface area (Å²) in [5, 5.41) is 0.638. The molecule has 0 N–H and O–H groups in total. The molecule has 1 aromatic rings. The summed E-state index contributed by atoms with van der Waals surface area (Å²) in [5.74, 6) is 0. The highest BCUT2D eigenvalue weighted by Crippen LogP contribution is 2.25. The molecular weight excluding hydrogens is 166 g/mol. The molecule has 0 aliphatic heterocycles. The molecule has 0 unspecified atom stereocenters. The Kier molecular flexibility index (Phi) is 3.60. The lowest BCUT2D eigenvalue weighted by Crippen LogP contribution is -1.91. The minimum absolute atomic E-state index is 0.638. The molecule has 0 amide bonds. The van der Waals surface area contributed by atoms with E-state index in [4.69, 9.17) is 0 Å². The molecule has 1 aromatic heterocycles. The summed E-state index contributed by atoms with van der Waals surface area (Å²) >= 11 is 1.89. The Bertz CT molecular complexity index is 245. The van der Waals surface area contributed by atoms with E-state index < -0.39 is 0 Å². The SMILES string of the molecule is CCc1ccncc1SC(C)C. The Hall–Kier alpha value is -0.500. The van der Waals surface area contributed by atoms with Crippen molar-refractivity contribution in [2.75, 3.05) is 0 Å². The molecule has 0 spiro atoms. The fraction of sp³-hybridized carbons (Fsp3) is 0.500. The largest absolute Gasteiger partial charge is 0.264 e. The molecule has 0 saturated heterocycles. The Morgan fingerprint density at radius 3 is 2.83 bits per heavy atom. The van der Waals surface area contributed by atoms with Crippen molar-refractivity contribution < 1.29 is 0 Å². The van der Waals surface area contributed by atoms with Crippen molar-refractivity contribution in [1.29, 1.82) is 0 Å². The monoisotopic (exact) mass is 181 g/mol. The van der Waals surface area contributed by atoms with Crippen LogP contribution in [0.3, 0.4) is 0 Å². The van der Waals surface area contributed by atoms with Crippen LogP contribution in [0.1, 0.15) is 26.3 Å². The van der Waals surface area contributed by atoms with Gasteiger partial charge in [-0.25, -0.2) is 0 Å². The zero-order valence-electron chi connectivity index (χ0n) is 7.87. The van der Waals surface area contributed by atoms with Gasteiger partial charge in [-0.1, -0.05) is 20.8 Å². The zero-order valence-corrected chi connectivity index (χ0v) is 8.69. The van der Waals surface area contributed by atoms with E-state index in [-0.39, 0.29) is 0 Å². The van der Waals surface area contributed by atoms with E-state index in [1.165, 1.54) is 10.5 Å². The minimum atomic E-state index is 0.638. The van der Waals surface area contributed by atoms with Crippen LogP contribution in [0.15, 0.2) is 23.4 Å². The minimum Gasteiger partial charge on any atom is -0.264 e. The molecule has 1 heterocycles. The maximum Gasteiger partial charge on any atom is 0.0406 e. The van der Waals surface area contributed by atoms with E-state index in [1.807, 2.05) is 24.2 Å². The van der Waals surface area contributed by atoms with Crippen molar-refractivity contribution in [3.63, 3.8) is 0 Å². The molecule has 1 nitrogen and oxygen atoms in total. The van der Waals surface area contributed by atoms with Crippen LogP contribution in [0.25, 0.3) is 0 Å². The number of aromatic nitrogens is 1. The maximum atomic E-state index is 4.13. The summed E-state index contributed by atoms with van der Waals surface area (Å²) in [5.41, 5.74) is 1.41. The van der Waals surface area contributed by atoms with Crippen LogP contribution in [-0.4, -0.2) is 10.2 Å². The maximum absolute atomic E-state index is 4.13. The average Bonchev–Trinajstić information content (AvgIpc) is 2.04. The van der Waals surface area contributed by atoms with Crippen molar-refractivity contribution in [3.05, 3.63) is 24.0 Å². The lowest BCUT2D eigenvalue weighted by molar-refractivity contribution is 1.03. The molecule has 1 rings (SSSR count). The first-order valence-corrected chi connectivity index (χ1v) is 5.21. The summed E-state index contributed by atoms with van der Waals surface area (Å²) in [6.45, 7) is 6.59. The topological polar surface area (TPSA) is 12.9 Å². The molecule has 0 fully saturated rings. The van der Waals surface area contributed by atoms with Gasteiger partial charge in [0.1, 0.15) is 0 Å². The van der Waals surface area contributed by atoms with Gasteiger partial charge in [0.05, 0.1) is 0 Å². The number of nitrogens with zero attached hydrogens (tertiary/aromatic N) is 1. The molecule has 0 bridgehead atoms. The molecule has 0 aliphatic carbocycles. The van der Waals surface area contributed by atoms with Gasteiger partial charge in [-0.15, -0.1) is 11.8 Å². The Labute approximate surface area is 78.6 Å². The summed E-state index contributed by atoms with van der Waals surface area (Å²) < 4.78 is 0. The smallest absolute Gasteiger partial charge is 0.0406 e. The van der Waals surface area contributed by atoms with E-state index in [9.17, 15) is 0 Å². The second-order valence-corrected chi connectivity index (χ2v) is 4.62. The summed E-state index contributed by atoms with van der Waals surface area (Å²) in [6, 6.07) is 2.10. The van der Waals surface area contributed by atoms with Crippen molar-refractivity contribution in [3.8, 4) is 0 Å². The lowest BCUT2D eigenvalue weighted by Gasteiger charge is -2.08. The van der Waals surface area contributed by atoms with E-state index in [0.29, 0.717) is 5.25 Å². The first-order valence-electron chi connectivity index (χ1n) is 4.33. The Morgan fingerprint density at radius 1 is 1.50 bits per heavy atom.